The highest BCUT2D eigenvalue weighted by Crippen LogP contribution is 2.34. The van der Waals surface area contributed by atoms with Crippen molar-refractivity contribution in [2.45, 2.75) is 12.5 Å². The Bertz CT molecular complexity index is 919. The van der Waals surface area contributed by atoms with Crippen LogP contribution in [-0.2, 0) is 6.54 Å². The predicted molar refractivity (Wildman–Crippen MR) is 94.7 cm³/mol. The molecule has 0 fully saturated rings. The second-order valence-corrected chi connectivity index (χ2v) is 6.91. The van der Waals surface area contributed by atoms with Gasteiger partial charge in [0.15, 0.2) is 5.13 Å². The minimum atomic E-state index is -0.0673. The molecule has 1 aliphatic heterocycles. The zero-order valence-corrected chi connectivity index (χ0v) is 14.4. The molecule has 0 aliphatic carbocycles. The summed E-state index contributed by atoms with van der Waals surface area (Å²) in [5.74, 6) is 0.704. The highest BCUT2D eigenvalue weighted by atomic mass is 32.1. The van der Waals surface area contributed by atoms with E-state index in [1.54, 1.807) is 18.3 Å². The van der Waals surface area contributed by atoms with Crippen molar-refractivity contribution >= 4 is 22.4 Å². The lowest BCUT2D eigenvalue weighted by Gasteiger charge is -2.32. The van der Waals surface area contributed by atoms with Gasteiger partial charge in [0.05, 0.1) is 37.6 Å². The summed E-state index contributed by atoms with van der Waals surface area (Å²) in [6.45, 7) is 1.04. The molecule has 3 N–H and O–H groups in total. The molecule has 1 aromatic carbocycles. The first kappa shape index (κ1) is 15.6. The molecule has 0 saturated heterocycles. The fraction of sp³-hybridized carbons (Fsp3) is 0.235. The van der Waals surface area contributed by atoms with Crippen LogP contribution in [-0.4, -0.2) is 39.4 Å². The number of methoxy groups -OCH3 is 1. The SMILES string of the molecule is COc1cccc(C2CN(C(=O)c3cnc(N)s3)Cc3[nH]cnc32)c1. The highest BCUT2D eigenvalue weighted by Gasteiger charge is 2.32. The van der Waals surface area contributed by atoms with Crippen molar-refractivity contribution in [3.63, 3.8) is 0 Å². The number of aromatic amines is 1. The Morgan fingerprint density at radius 2 is 2.32 bits per heavy atom. The number of H-pyrrole nitrogens is 1. The Morgan fingerprint density at radius 3 is 3.08 bits per heavy atom. The molecule has 1 amide bonds. The maximum atomic E-state index is 12.8. The lowest BCUT2D eigenvalue weighted by atomic mass is 9.90. The van der Waals surface area contributed by atoms with Gasteiger partial charge in [-0.3, -0.25) is 4.79 Å². The molecule has 2 aromatic heterocycles. The van der Waals surface area contributed by atoms with E-state index in [2.05, 4.69) is 15.0 Å². The molecule has 0 spiro atoms. The molecule has 25 heavy (non-hydrogen) atoms. The third-order valence-electron chi connectivity index (χ3n) is 4.35. The molecule has 0 radical (unpaired) electrons. The van der Waals surface area contributed by atoms with Gasteiger partial charge >= 0.3 is 0 Å². The van der Waals surface area contributed by atoms with Gasteiger partial charge in [-0.05, 0) is 17.7 Å². The van der Waals surface area contributed by atoms with Crippen LogP contribution in [0.5, 0.6) is 5.75 Å². The maximum absolute atomic E-state index is 12.8. The number of fused-ring (bicyclic) bond motifs is 1. The molecule has 3 heterocycles. The van der Waals surface area contributed by atoms with Crippen LogP contribution < -0.4 is 10.5 Å². The number of carbonyl (C=O) groups excluding carboxylic acids is 1. The Balaban J connectivity index is 1.69. The zero-order chi connectivity index (χ0) is 17.4. The van der Waals surface area contributed by atoms with Crippen LogP contribution in [0.3, 0.4) is 0 Å². The minimum absolute atomic E-state index is 0.0145. The number of nitrogens with two attached hydrogens (primary N) is 1. The van der Waals surface area contributed by atoms with Crippen LogP contribution >= 0.6 is 11.3 Å². The summed E-state index contributed by atoms with van der Waals surface area (Å²) in [5, 5.41) is 0.395. The number of aromatic nitrogens is 3. The van der Waals surface area contributed by atoms with Gasteiger partial charge in [-0.1, -0.05) is 23.5 Å². The molecule has 1 unspecified atom stereocenters. The molecular formula is C17H17N5O2S. The molecule has 7 nitrogen and oxygen atoms in total. The number of thiazole rings is 1. The van der Waals surface area contributed by atoms with Crippen LogP contribution in [0.25, 0.3) is 0 Å². The fourth-order valence-electron chi connectivity index (χ4n) is 3.14. The van der Waals surface area contributed by atoms with Crippen molar-refractivity contribution < 1.29 is 9.53 Å². The summed E-state index contributed by atoms with van der Waals surface area (Å²) in [7, 11) is 1.64. The number of hydrogen-bond donors (Lipinski definition) is 2. The number of amides is 1. The molecule has 0 bridgehead atoms. The van der Waals surface area contributed by atoms with Gasteiger partial charge in [-0.2, -0.15) is 0 Å². The van der Waals surface area contributed by atoms with E-state index in [4.69, 9.17) is 10.5 Å². The van der Waals surface area contributed by atoms with Crippen molar-refractivity contribution in [1.29, 1.82) is 0 Å². The minimum Gasteiger partial charge on any atom is -0.497 e. The third-order valence-corrected chi connectivity index (χ3v) is 5.17. The number of nitrogen functional groups attached to an aromatic ring is 1. The molecule has 1 atom stereocenters. The van der Waals surface area contributed by atoms with Gasteiger partial charge in [0.1, 0.15) is 10.6 Å². The van der Waals surface area contributed by atoms with Crippen molar-refractivity contribution in [2.24, 2.45) is 0 Å². The van der Waals surface area contributed by atoms with E-state index in [0.29, 0.717) is 23.1 Å². The Morgan fingerprint density at radius 1 is 1.44 bits per heavy atom. The summed E-state index contributed by atoms with van der Waals surface area (Å²) in [6.07, 6.45) is 3.21. The highest BCUT2D eigenvalue weighted by molar-refractivity contribution is 7.17. The Labute approximate surface area is 148 Å². The number of ether oxygens (including phenoxy) is 1. The van der Waals surface area contributed by atoms with E-state index in [1.165, 1.54) is 17.5 Å². The monoisotopic (exact) mass is 355 g/mol. The normalized spacial score (nSPS) is 16.5. The first-order valence-electron chi connectivity index (χ1n) is 7.82. The molecule has 1 aliphatic rings. The molecule has 3 aromatic rings. The Hall–Kier alpha value is -2.87. The van der Waals surface area contributed by atoms with Crippen LogP contribution in [0.1, 0.15) is 32.5 Å². The number of nitrogens with zero attached hydrogens (tertiary/aromatic N) is 3. The first-order valence-corrected chi connectivity index (χ1v) is 8.64. The zero-order valence-electron chi connectivity index (χ0n) is 13.6. The molecular weight excluding hydrogens is 338 g/mol. The number of nitrogens with one attached hydrogen (secondary N) is 1. The van der Waals surface area contributed by atoms with Gasteiger partial charge in [0, 0.05) is 12.5 Å². The average Bonchev–Trinajstić information content (AvgIpc) is 3.29. The van der Waals surface area contributed by atoms with Crippen molar-refractivity contribution in [1.82, 2.24) is 19.9 Å². The third kappa shape index (κ3) is 2.85. The van der Waals surface area contributed by atoms with Crippen LogP contribution in [0, 0.1) is 0 Å². The van der Waals surface area contributed by atoms with Gasteiger partial charge < -0.3 is 20.4 Å². The Kier molecular flexibility index (Phi) is 3.89. The van der Waals surface area contributed by atoms with Crippen LogP contribution in [0.15, 0.2) is 36.8 Å². The van der Waals surface area contributed by atoms with Crippen LogP contribution in [0.4, 0.5) is 5.13 Å². The number of anilines is 1. The number of carbonyl (C=O) groups is 1. The van der Waals surface area contributed by atoms with E-state index >= 15 is 0 Å². The lowest BCUT2D eigenvalue weighted by Crippen LogP contribution is -2.38. The average molecular weight is 355 g/mol. The summed E-state index contributed by atoms with van der Waals surface area (Å²) >= 11 is 1.21. The molecule has 0 saturated carbocycles. The van der Waals surface area contributed by atoms with Crippen molar-refractivity contribution in [3.8, 4) is 5.75 Å². The van der Waals surface area contributed by atoms with Crippen molar-refractivity contribution in [3.05, 3.63) is 58.6 Å². The quantitative estimate of drug-likeness (QED) is 0.751. The predicted octanol–water partition coefficient (Wildman–Crippen LogP) is 2.24. The topological polar surface area (TPSA) is 97.1 Å². The van der Waals surface area contributed by atoms with Gasteiger partial charge in [0.2, 0.25) is 0 Å². The summed E-state index contributed by atoms with van der Waals surface area (Å²) in [6, 6.07) is 7.87. The van der Waals surface area contributed by atoms with E-state index in [0.717, 1.165) is 22.7 Å². The van der Waals surface area contributed by atoms with Gasteiger partial charge in [-0.25, -0.2) is 9.97 Å². The summed E-state index contributed by atoms with van der Waals surface area (Å²) in [4.78, 5) is 26.8. The number of imidazole rings is 1. The summed E-state index contributed by atoms with van der Waals surface area (Å²) in [5.41, 5.74) is 8.65. The van der Waals surface area contributed by atoms with Gasteiger partial charge in [-0.15, -0.1) is 0 Å². The first-order chi connectivity index (χ1) is 12.2. The van der Waals surface area contributed by atoms with E-state index in [9.17, 15) is 4.79 Å². The standard InChI is InChI=1S/C17H17N5O2S/c1-24-11-4-2-3-10(5-11)12-7-22(8-13-15(12)21-9-20-13)16(23)14-6-19-17(18)25-14/h2-6,9,12H,7-8H2,1H3,(H2,18,19)(H,20,21). The molecule has 128 valence electrons. The van der Waals surface area contributed by atoms with E-state index < -0.39 is 0 Å². The second kappa shape index (κ2) is 6.21. The number of benzene rings is 1. The second-order valence-electron chi connectivity index (χ2n) is 5.84. The van der Waals surface area contributed by atoms with Crippen molar-refractivity contribution in [2.75, 3.05) is 19.4 Å². The maximum Gasteiger partial charge on any atom is 0.266 e. The smallest absolute Gasteiger partial charge is 0.266 e. The molecule has 8 heteroatoms. The lowest BCUT2D eigenvalue weighted by molar-refractivity contribution is 0.0726. The molecule has 4 rings (SSSR count). The van der Waals surface area contributed by atoms with E-state index in [1.807, 2.05) is 24.3 Å². The van der Waals surface area contributed by atoms with Crippen LogP contribution in [0.2, 0.25) is 0 Å². The van der Waals surface area contributed by atoms with E-state index in [-0.39, 0.29) is 11.8 Å². The number of hydrogen-bond acceptors (Lipinski definition) is 6. The fourth-order valence-corrected chi connectivity index (χ4v) is 3.79. The number of rotatable bonds is 3. The largest absolute Gasteiger partial charge is 0.497 e. The van der Waals surface area contributed by atoms with Gasteiger partial charge in [0.25, 0.3) is 5.91 Å². The summed E-state index contributed by atoms with van der Waals surface area (Å²) < 4.78 is 5.33.